The molecule has 1 saturated heterocycles. The number of likely N-dealkylation sites (N-methyl/N-ethyl adjacent to an activating group) is 1. The Labute approximate surface area is 180 Å². The van der Waals surface area contributed by atoms with Crippen molar-refractivity contribution in [3.63, 3.8) is 0 Å². The van der Waals surface area contributed by atoms with E-state index in [9.17, 15) is 14.9 Å². The van der Waals surface area contributed by atoms with E-state index in [1.54, 1.807) is 0 Å². The van der Waals surface area contributed by atoms with Crippen LogP contribution in [0.5, 0.6) is 0 Å². The number of carbonyl (C=O) groups excluding carboxylic acids is 1. The van der Waals surface area contributed by atoms with Crippen molar-refractivity contribution < 1.29 is 9.72 Å². The van der Waals surface area contributed by atoms with E-state index in [2.05, 4.69) is 26.7 Å². The number of amides is 1. The zero-order valence-electron chi connectivity index (χ0n) is 17.7. The number of aryl methyl sites for hydroxylation is 1. The number of imidazole rings is 1. The second-order valence-electron chi connectivity index (χ2n) is 7.94. The van der Waals surface area contributed by atoms with Crippen molar-refractivity contribution in [1.29, 1.82) is 0 Å². The van der Waals surface area contributed by atoms with Gasteiger partial charge in [0, 0.05) is 69.6 Å². The van der Waals surface area contributed by atoms with Crippen LogP contribution in [-0.4, -0.2) is 70.0 Å². The molecular weight excluding hydrogens is 396 g/mol. The Bertz CT molecular complexity index is 1100. The third-order valence-electron chi connectivity index (χ3n) is 5.82. The molecule has 1 fully saturated rings. The summed E-state index contributed by atoms with van der Waals surface area (Å²) in [6, 6.07) is 11.2. The highest BCUT2D eigenvalue weighted by molar-refractivity contribution is 6.05. The van der Waals surface area contributed by atoms with Crippen LogP contribution in [0.4, 0.5) is 11.4 Å². The Morgan fingerprint density at radius 3 is 2.48 bits per heavy atom. The smallest absolute Gasteiger partial charge is 0.269 e. The molecule has 3 aromatic rings. The van der Waals surface area contributed by atoms with Gasteiger partial charge in [-0.3, -0.25) is 14.9 Å². The number of nitrogens with zero attached hydrogens (tertiary/aromatic N) is 5. The van der Waals surface area contributed by atoms with E-state index in [1.807, 2.05) is 25.2 Å². The molecular formula is C22H26N6O3. The van der Waals surface area contributed by atoms with Gasteiger partial charge in [-0.15, -0.1) is 0 Å². The highest BCUT2D eigenvalue weighted by Crippen LogP contribution is 2.21. The molecule has 1 aliphatic heterocycles. The average Bonchev–Trinajstić information content (AvgIpc) is 3.08. The van der Waals surface area contributed by atoms with Gasteiger partial charge < -0.3 is 19.7 Å². The Hall–Kier alpha value is -3.30. The number of carbonyl (C=O) groups is 1. The maximum Gasteiger partial charge on any atom is 0.269 e. The third kappa shape index (κ3) is 4.73. The fraction of sp³-hybridized carbons (Fsp3) is 0.364. The van der Waals surface area contributed by atoms with Crippen molar-refractivity contribution in [2.45, 2.75) is 6.42 Å². The summed E-state index contributed by atoms with van der Waals surface area (Å²) in [7, 11) is 4.17. The van der Waals surface area contributed by atoms with E-state index in [0.29, 0.717) is 11.3 Å². The fourth-order valence-corrected chi connectivity index (χ4v) is 3.82. The first-order chi connectivity index (χ1) is 14.9. The minimum Gasteiger partial charge on any atom is -0.331 e. The van der Waals surface area contributed by atoms with Crippen molar-refractivity contribution in [3.05, 3.63) is 64.0 Å². The standard InChI is InChI=1S/C22H26N6O3/c1-25-11-13-27(14-12-25)10-9-21-24-19-15-17(5-8-20(19)26(21)2)23-22(29)16-3-6-18(7-4-16)28(30)31/h3-8,15H,9-14H2,1-2H3,(H,23,29). The molecule has 9 heteroatoms. The molecule has 2 heterocycles. The van der Waals surface area contributed by atoms with Gasteiger partial charge in [0.05, 0.1) is 16.0 Å². The summed E-state index contributed by atoms with van der Waals surface area (Å²) in [5.74, 6) is 0.702. The van der Waals surface area contributed by atoms with Gasteiger partial charge in [0.1, 0.15) is 5.82 Å². The summed E-state index contributed by atoms with van der Waals surface area (Å²) < 4.78 is 2.10. The van der Waals surface area contributed by atoms with Crippen molar-refractivity contribution in [3.8, 4) is 0 Å². The minimum absolute atomic E-state index is 0.0458. The van der Waals surface area contributed by atoms with E-state index in [1.165, 1.54) is 24.3 Å². The van der Waals surface area contributed by atoms with E-state index >= 15 is 0 Å². The van der Waals surface area contributed by atoms with Gasteiger partial charge in [0.2, 0.25) is 0 Å². The molecule has 4 rings (SSSR count). The van der Waals surface area contributed by atoms with Crippen LogP contribution in [-0.2, 0) is 13.5 Å². The normalized spacial score (nSPS) is 15.3. The van der Waals surface area contributed by atoms with Crippen molar-refractivity contribution in [2.24, 2.45) is 7.05 Å². The SMILES string of the molecule is CN1CCN(CCc2nc3cc(NC(=O)c4ccc([N+](=O)[O-])cc4)ccc3n2C)CC1. The maximum absolute atomic E-state index is 12.5. The predicted molar refractivity (Wildman–Crippen MR) is 119 cm³/mol. The molecule has 1 amide bonds. The highest BCUT2D eigenvalue weighted by Gasteiger charge is 2.16. The number of nitro groups is 1. The highest BCUT2D eigenvalue weighted by atomic mass is 16.6. The summed E-state index contributed by atoms with van der Waals surface area (Å²) in [4.78, 5) is 32.4. The lowest BCUT2D eigenvalue weighted by atomic mass is 10.2. The summed E-state index contributed by atoms with van der Waals surface area (Å²) in [5.41, 5.74) is 2.80. The Balaban J connectivity index is 1.44. The number of hydrogen-bond donors (Lipinski definition) is 1. The van der Waals surface area contributed by atoms with Gasteiger partial charge in [-0.2, -0.15) is 0 Å². The first-order valence-electron chi connectivity index (χ1n) is 10.3. The molecule has 162 valence electrons. The molecule has 0 radical (unpaired) electrons. The van der Waals surface area contributed by atoms with Crippen LogP contribution in [0.25, 0.3) is 11.0 Å². The Morgan fingerprint density at radius 1 is 1.10 bits per heavy atom. The van der Waals surface area contributed by atoms with Crippen molar-refractivity contribution >= 4 is 28.3 Å². The second kappa shape index (κ2) is 8.83. The van der Waals surface area contributed by atoms with Gasteiger partial charge in [0.25, 0.3) is 11.6 Å². The molecule has 0 spiro atoms. The zero-order valence-corrected chi connectivity index (χ0v) is 17.7. The molecule has 9 nitrogen and oxygen atoms in total. The molecule has 0 bridgehead atoms. The number of benzene rings is 2. The largest absolute Gasteiger partial charge is 0.331 e. The fourth-order valence-electron chi connectivity index (χ4n) is 3.82. The molecule has 1 aliphatic rings. The van der Waals surface area contributed by atoms with Crippen LogP contribution in [0.2, 0.25) is 0 Å². The van der Waals surface area contributed by atoms with Gasteiger partial charge in [-0.25, -0.2) is 4.98 Å². The van der Waals surface area contributed by atoms with E-state index < -0.39 is 4.92 Å². The maximum atomic E-state index is 12.5. The predicted octanol–water partition coefficient (Wildman–Crippen LogP) is 2.52. The topological polar surface area (TPSA) is 96.5 Å². The summed E-state index contributed by atoms with van der Waals surface area (Å²) in [6.07, 6.45) is 0.874. The number of piperazine rings is 1. The minimum atomic E-state index is -0.488. The van der Waals surface area contributed by atoms with E-state index in [-0.39, 0.29) is 11.6 Å². The lowest BCUT2D eigenvalue weighted by Gasteiger charge is -2.32. The number of non-ortho nitro benzene ring substituents is 1. The molecule has 2 aromatic carbocycles. The Morgan fingerprint density at radius 2 is 1.81 bits per heavy atom. The molecule has 0 aliphatic carbocycles. The monoisotopic (exact) mass is 422 g/mol. The van der Waals surface area contributed by atoms with Gasteiger partial charge in [0.15, 0.2) is 0 Å². The number of fused-ring (bicyclic) bond motifs is 1. The Kier molecular flexibility index (Phi) is 5.97. The second-order valence-corrected chi connectivity index (χ2v) is 7.94. The molecule has 0 atom stereocenters. The number of hydrogen-bond acceptors (Lipinski definition) is 6. The molecule has 0 unspecified atom stereocenters. The van der Waals surface area contributed by atoms with Crippen LogP contribution >= 0.6 is 0 Å². The van der Waals surface area contributed by atoms with E-state index in [0.717, 1.165) is 56.0 Å². The summed E-state index contributed by atoms with van der Waals surface area (Å²) in [5, 5.41) is 13.6. The van der Waals surface area contributed by atoms with Crippen LogP contribution in [0.1, 0.15) is 16.2 Å². The average molecular weight is 422 g/mol. The van der Waals surface area contributed by atoms with Gasteiger partial charge >= 0.3 is 0 Å². The molecule has 1 aromatic heterocycles. The van der Waals surface area contributed by atoms with Crippen molar-refractivity contribution in [2.75, 3.05) is 45.1 Å². The zero-order chi connectivity index (χ0) is 22.0. The summed E-state index contributed by atoms with van der Waals surface area (Å²) in [6.45, 7) is 5.34. The van der Waals surface area contributed by atoms with Crippen LogP contribution in [0.15, 0.2) is 42.5 Å². The first-order valence-corrected chi connectivity index (χ1v) is 10.3. The molecule has 0 saturated carbocycles. The first kappa shape index (κ1) is 21.0. The van der Waals surface area contributed by atoms with Crippen LogP contribution in [0.3, 0.4) is 0 Å². The number of nitrogens with one attached hydrogen (secondary N) is 1. The van der Waals surface area contributed by atoms with E-state index in [4.69, 9.17) is 4.98 Å². The number of aromatic nitrogens is 2. The number of rotatable bonds is 6. The van der Waals surface area contributed by atoms with Crippen LogP contribution < -0.4 is 5.32 Å². The molecule has 1 N–H and O–H groups in total. The van der Waals surface area contributed by atoms with Gasteiger partial charge in [-0.05, 0) is 37.4 Å². The number of anilines is 1. The van der Waals surface area contributed by atoms with Crippen molar-refractivity contribution in [1.82, 2.24) is 19.4 Å². The lowest BCUT2D eigenvalue weighted by Crippen LogP contribution is -2.45. The lowest BCUT2D eigenvalue weighted by molar-refractivity contribution is -0.384. The van der Waals surface area contributed by atoms with Gasteiger partial charge in [-0.1, -0.05) is 0 Å². The number of nitro benzene ring substituents is 1. The molecule has 31 heavy (non-hydrogen) atoms. The quantitative estimate of drug-likeness (QED) is 0.484. The third-order valence-corrected chi connectivity index (χ3v) is 5.82. The van der Waals surface area contributed by atoms with Crippen LogP contribution in [0, 0.1) is 10.1 Å². The summed E-state index contributed by atoms with van der Waals surface area (Å²) >= 11 is 0.